The lowest BCUT2D eigenvalue weighted by atomic mass is 9.59. The molecule has 2 aliphatic heterocycles. The van der Waals surface area contributed by atoms with Gasteiger partial charge in [-0.2, -0.15) is 5.26 Å². The molecule has 10 heteroatoms. The van der Waals surface area contributed by atoms with Gasteiger partial charge in [0.1, 0.15) is 0 Å². The molecule has 1 aromatic heterocycles. The maximum Gasteiger partial charge on any atom is 0.407 e. The number of amides is 1. The number of hydrogen-bond donors (Lipinski definition) is 1. The molecule has 45 heavy (non-hydrogen) atoms. The van der Waals surface area contributed by atoms with Crippen molar-refractivity contribution in [2.45, 2.75) is 53.4 Å². The number of aromatic nitrogens is 1. The first kappa shape index (κ1) is 31.1. The highest BCUT2D eigenvalue weighted by molar-refractivity contribution is 7.91. The van der Waals surface area contributed by atoms with Crippen molar-refractivity contribution in [3.05, 3.63) is 84.7 Å². The summed E-state index contributed by atoms with van der Waals surface area (Å²) in [4.78, 5) is 21.5. The number of rotatable bonds is 9. The summed E-state index contributed by atoms with van der Waals surface area (Å²) in [5.41, 5.74) is 1.43. The van der Waals surface area contributed by atoms with Gasteiger partial charge in [0.15, 0.2) is 0 Å². The van der Waals surface area contributed by atoms with Gasteiger partial charge in [-0.15, -0.1) is 0 Å². The second-order valence-corrected chi connectivity index (χ2v) is 14.6. The Morgan fingerprint density at radius 1 is 0.978 bits per heavy atom. The van der Waals surface area contributed by atoms with E-state index in [2.05, 4.69) is 38.3 Å². The van der Waals surface area contributed by atoms with Crippen molar-refractivity contribution < 1.29 is 17.9 Å². The Balaban J connectivity index is 1.07. The van der Waals surface area contributed by atoms with Crippen LogP contribution in [-0.4, -0.2) is 70.3 Å². The van der Waals surface area contributed by atoms with Crippen molar-refractivity contribution in [2.24, 2.45) is 17.8 Å². The average Bonchev–Trinajstić information content (AvgIpc) is 3.53. The Kier molecular flexibility index (Phi) is 9.11. The van der Waals surface area contributed by atoms with E-state index in [1.165, 1.54) is 31.6 Å². The molecular weight excluding hydrogens is 586 g/mol. The molecule has 0 radical (unpaired) electrons. The third-order valence-electron chi connectivity index (χ3n) is 10.2. The van der Waals surface area contributed by atoms with Crippen LogP contribution in [0.25, 0.3) is 0 Å². The first-order valence-corrected chi connectivity index (χ1v) is 17.4. The third kappa shape index (κ3) is 6.16. The highest BCUT2D eigenvalue weighted by Gasteiger charge is 2.52. The lowest BCUT2D eigenvalue weighted by Gasteiger charge is -2.48. The summed E-state index contributed by atoms with van der Waals surface area (Å²) < 4.78 is 30.8. The fraction of sp³-hybridized carbons (Fsp3) is 0.457. The second-order valence-electron chi connectivity index (χ2n) is 12.7. The molecule has 236 valence electrons. The standard InChI is InChI=1S/C35H41N5O4S/c1-44-34(41)38-33-9-5-8-32(33)35(25-36,27-6-3-2-4-7-27)28-16-20-39(21-17-28)22-26-23-40(24-26)29-10-12-30(13-11-29)45(42,43)31-14-18-37-19-15-31/h2-4,6-7,10-15,18-19,26,28,32-33H,5,8-9,16-17,20-24H2,1H3,(H,38,41). The number of piperidine rings is 1. The zero-order valence-electron chi connectivity index (χ0n) is 25.7. The van der Waals surface area contributed by atoms with Gasteiger partial charge in [0.25, 0.3) is 0 Å². The summed E-state index contributed by atoms with van der Waals surface area (Å²) in [5.74, 6) is 0.776. The number of hydrogen-bond acceptors (Lipinski definition) is 8. The van der Waals surface area contributed by atoms with Crippen LogP contribution in [0.15, 0.2) is 88.9 Å². The lowest BCUT2D eigenvalue weighted by molar-refractivity contribution is 0.0939. The number of nitriles is 1. The number of alkyl carbamates (subject to hydrolysis) is 1. The van der Waals surface area contributed by atoms with E-state index < -0.39 is 21.3 Å². The van der Waals surface area contributed by atoms with E-state index in [1.54, 1.807) is 12.1 Å². The highest BCUT2D eigenvalue weighted by Crippen LogP contribution is 2.50. The van der Waals surface area contributed by atoms with Crippen LogP contribution >= 0.6 is 0 Å². The van der Waals surface area contributed by atoms with Gasteiger partial charge in [-0.3, -0.25) is 4.98 Å². The number of anilines is 1. The second kappa shape index (κ2) is 13.2. The van der Waals surface area contributed by atoms with Crippen LogP contribution in [0.2, 0.25) is 0 Å². The van der Waals surface area contributed by atoms with E-state index >= 15 is 0 Å². The lowest BCUT2D eigenvalue weighted by Crippen LogP contribution is -2.55. The molecule has 3 aromatic rings. The summed E-state index contributed by atoms with van der Waals surface area (Å²) in [5, 5.41) is 14.0. The summed E-state index contributed by atoms with van der Waals surface area (Å²) in [6.45, 7) is 4.77. The van der Waals surface area contributed by atoms with E-state index in [0.29, 0.717) is 5.92 Å². The Labute approximate surface area is 266 Å². The maximum absolute atomic E-state index is 12.9. The van der Waals surface area contributed by atoms with Crippen molar-refractivity contribution >= 4 is 21.6 Å². The smallest absolute Gasteiger partial charge is 0.407 e. The minimum atomic E-state index is -3.56. The number of ether oxygens (including phenoxy) is 1. The number of benzene rings is 2. The van der Waals surface area contributed by atoms with E-state index in [0.717, 1.165) is 76.1 Å². The topological polar surface area (TPSA) is 116 Å². The van der Waals surface area contributed by atoms with Gasteiger partial charge in [-0.05, 0) is 86.7 Å². The molecule has 1 saturated carbocycles. The van der Waals surface area contributed by atoms with Gasteiger partial charge in [0, 0.05) is 55.6 Å². The minimum absolute atomic E-state index is 0.0341. The number of likely N-dealkylation sites (tertiary alicyclic amines) is 1. The summed E-state index contributed by atoms with van der Waals surface area (Å²) in [7, 11) is -2.17. The molecule has 1 aliphatic carbocycles. The molecule has 2 aromatic carbocycles. The Morgan fingerprint density at radius 3 is 2.29 bits per heavy atom. The van der Waals surface area contributed by atoms with E-state index in [9.17, 15) is 18.5 Å². The van der Waals surface area contributed by atoms with Crippen LogP contribution in [0.1, 0.15) is 37.7 Å². The normalized spacial score (nSPS) is 22.6. The molecule has 3 heterocycles. The van der Waals surface area contributed by atoms with Crippen LogP contribution in [0.3, 0.4) is 0 Å². The van der Waals surface area contributed by atoms with Gasteiger partial charge in [0.05, 0.1) is 28.4 Å². The zero-order chi connectivity index (χ0) is 31.4. The quantitative estimate of drug-likeness (QED) is 0.351. The Hall–Kier alpha value is -3.94. The zero-order valence-corrected chi connectivity index (χ0v) is 26.5. The first-order valence-electron chi connectivity index (χ1n) is 15.9. The number of nitrogens with zero attached hydrogens (tertiary/aromatic N) is 4. The molecule has 3 aliphatic rings. The molecule has 3 atom stereocenters. The van der Waals surface area contributed by atoms with Gasteiger partial charge in [-0.25, -0.2) is 13.2 Å². The molecule has 3 fully saturated rings. The Morgan fingerprint density at radius 2 is 1.64 bits per heavy atom. The molecule has 0 bridgehead atoms. The predicted octanol–water partition coefficient (Wildman–Crippen LogP) is 5.05. The van der Waals surface area contributed by atoms with Crippen LogP contribution in [0.5, 0.6) is 0 Å². The molecule has 0 spiro atoms. The monoisotopic (exact) mass is 627 g/mol. The average molecular weight is 628 g/mol. The molecule has 6 rings (SSSR count). The van der Waals surface area contributed by atoms with Crippen molar-refractivity contribution in [3.63, 3.8) is 0 Å². The SMILES string of the molecule is COC(=O)NC1CCCC1C(C#N)(c1ccccc1)C1CCN(CC2CN(c3ccc(S(=O)(=O)c4ccncc4)cc3)C2)CC1. The fourth-order valence-corrected chi connectivity index (χ4v) is 9.16. The predicted molar refractivity (Wildman–Crippen MR) is 171 cm³/mol. The molecule has 9 nitrogen and oxygen atoms in total. The third-order valence-corrected chi connectivity index (χ3v) is 12.0. The number of carbonyl (C=O) groups is 1. The summed E-state index contributed by atoms with van der Waals surface area (Å²) in [6.07, 6.45) is 7.17. The minimum Gasteiger partial charge on any atom is -0.453 e. The first-order chi connectivity index (χ1) is 21.8. The molecule has 3 unspecified atom stereocenters. The number of carbonyl (C=O) groups excluding carboxylic acids is 1. The van der Waals surface area contributed by atoms with Crippen LogP contribution in [0, 0.1) is 29.1 Å². The summed E-state index contributed by atoms with van der Waals surface area (Å²) in [6, 6.07) is 23.2. The van der Waals surface area contributed by atoms with Crippen molar-refractivity contribution in [1.82, 2.24) is 15.2 Å². The van der Waals surface area contributed by atoms with Crippen LogP contribution < -0.4 is 10.2 Å². The summed E-state index contributed by atoms with van der Waals surface area (Å²) >= 11 is 0. The highest BCUT2D eigenvalue weighted by atomic mass is 32.2. The van der Waals surface area contributed by atoms with Crippen molar-refractivity contribution in [3.8, 4) is 6.07 Å². The van der Waals surface area contributed by atoms with Crippen LogP contribution in [0.4, 0.5) is 10.5 Å². The molecular formula is C35H41N5O4S. The van der Waals surface area contributed by atoms with Gasteiger partial charge in [-0.1, -0.05) is 36.8 Å². The van der Waals surface area contributed by atoms with E-state index in [1.807, 2.05) is 30.3 Å². The van der Waals surface area contributed by atoms with Gasteiger partial charge in [0.2, 0.25) is 9.84 Å². The fourth-order valence-electron chi connectivity index (χ4n) is 7.92. The van der Waals surface area contributed by atoms with E-state index in [-0.39, 0.29) is 27.7 Å². The molecule has 1 N–H and O–H groups in total. The molecule has 1 amide bonds. The molecule has 2 saturated heterocycles. The van der Waals surface area contributed by atoms with Crippen molar-refractivity contribution in [2.75, 3.05) is 44.7 Å². The Bertz CT molecular complexity index is 1600. The number of sulfone groups is 1. The van der Waals surface area contributed by atoms with Crippen molar-refractivity contribution in [1.29, 1.82) is 5.26 Å². The van der Waals surface area contributed by atoms with E-state index in [4.69, 9.17) is 4.74 Å². The number of nitrogens with one attached hydrogen (secondary N) is 1. The van der Waals surface area contributed by atoms with Gasteiger partial charge < -0.3 is 19.9 Å². The number of methoxy groups -OCH3 is 1. The van der Waals surface area contributed by atoms with Gasteiger partial charge >= 0.3 is 6.09 Å². The largest absolute Gasteiger partial charge is 0.453 e. The number of pyridine rings is 1. The van der Waals surface area contributed by atoms with Crippen LogP contribution in [-0.2, 0) is 20.0 Å². The maximum atomic E-state index is 12.9.